The maximum atomic E-state index is 5.59. The molecular weight excluding hydrogens is 164 g/mol. The van der Waals surface area contributed by atoms with Crippen LogP contribution in [-0.2, 0) is 6.54 Å². The Kier molecular flexibility index (Phi) is 1.90. The van der Waals surface area contributed by atoms with E-state index < -0.39 is 0 Å². The first-order valence-electron chi connectivity index (χ1n) is 4.20. The van der Waals surface area contributed by atoms with Crippen molar-refractivity contribution in [2.24, 2.45) is 10.7 Å². The number of hydrazine groups is 1. The fourth-order valence-electron chi connectivity index (χ4n) is 1.16. The van der Waals surface area contributed by atoms with Crippen molar-refractivity contribution in [3.8, 4) is 0 Å². The number of hydrogen-bond donors (Lipinski definition) is 3. The Hall–Kier alpha value is -1.55. The summed E-state index contributed by atoms with van der Waals surface area (Å²) >= 11 is 0. The predicted octanol–water partition coefficient (Wildman–Crippen LogP) is 0.549. The summed E-state index contributed by atoms with van der Waals surface area (Å²) in [6, 6.07) is 6.01. The van der Waals surface area contributed by atoms with Crippen LogP contribution in [0.3, 0.4) is 0 Å². The highest BCUT2D eigenvalue weighted by Gasteiger charge is 2.09. The Bertz CT molecular complexity index is 351. The molecule has 0 aliphatic carbocycles. The summed E-state index contributed by atoms with van der Waals surface area (Å²) in [6.45, 7) is 2.61. The van der Waals surface area contributed by atoms with Crippen LogP contribution in [0.4, 0.5) is 5.69 Å². The molecule has 13 heavy (non-hydrogen) atoms. The van der Waals surface area contributed by atoms with E-state index in [1.165, 1.54) is 5.56 Å². The Morgan fingerprint density at radius 3 is 2.77 bits per heavy atom. The summed E-state index contributed by atoms with van der Waals surface area (Å²) in [4.78, 5) is 4.26. The normalized spacial score (nSPS) is 13.2. The van der Waals surface area contributed by atoms with E-state index in [2.05, 4.69) is 15.8 Å². The van der Waals surface area contributed by atoms with Gasteiger partial charge in [-0.05, 0) is 30.2 Å². The van der Waals surface area contributed by atoms with Crippen molar-refractivity contribution in [3.63, 3.8) is 0 Å². The topological polar surface area (TPSA) is 82.3 Å². The lowest BCUT2D eigenvalue weighted by molar-refractivity contribution is 1.05. The van der Waals surface area contributed by atoms with Gasteiger partial charge in [0, 0.05) is 6.54 Å². The highest BCUT2D eigenvalue weighted by atomic mass is 15.6. The zero-order chi connectivity index (χ0) is 9.26. The first-order valence-corrected chi connectivity index (χ1v) is 4.20. The van der Waals surface area contributed by atoms with Gasteiger partial charge in [0.15, 0.2) is 0 Å². The maximum Gasteiger partial charge on any atom is 0.234 e. The van der Waals surface area contributed by atoms with Crippen molar-refractivity contribution in [2.75, 3.05) is 0 Å². The molecule has 1 aromatic carbocycles. The number of nitrogens with two attached hydrogens (primary N) is 1. The van der Waals surface area contributed by atoms with Crippen LogP contribution >= 0.6 is 0 Å². The van der Waals surface area contributed by atoms with Gasteiger partial charge in [-0.3, -0.25) is 10.9 Å². The molecule has 0 aromatic heterocycles. The van der Waals surface area contributed by atoms with E-state index in [0.29, 0.717) is 6.54 Å². The van der Waals surface area contributed by atoms with Crippen molar-refractivity contribution in [1.29, 1.82) is 0 Å². The molecule has 0 saturated carbocycles. The number of nitrogens with one attached hydrogen (secondary N) is 2. The van der Waals surface area contributed by atoms with Crippen LogP contribution in [0, 0.1) is 6.92 Å². The molecule has 1 aromatic rings. The summed E-state index contributed by atoms with van der Waals surface area (Å²) in [5.41, 5.74) is 14.5. The highest BCUT2D eigenvalue weighted by Crippen LogP contribution is 2.17. The Morgan fingerprint density at radius 2 is 2.15 bits per heavy atom. The number of benzene rings is 1. The van der Waals surface area contributed by atoms with E-state index in [0.717, 1.165) is 17.2 Å². The second-order valence-electron chi connectivity index (χ2n) is 3.03. The minimum atomic E-state index is 0.561. The molecule has 68 valence electrons. The van der Waals surface area contributed by atoms with E-state index in [1.54, 1.807) is 0 Å². The Balaban J connectivity index is 2.32. The number of rotatable bonds is 2. The molecule has 1 fully saturated rings. The summed E-state index contributed by atoms with van der Waals surface area (Å²) < 4.78 is 0. The van der Waals surface area contributed by atoms with E-state index in [4.69, 9.17) is 5.73 Å². The lowest BCUT2D eigenvalue weighted by Crippen LogP contribution is -1.98. The van der Waals surface area contributed by atoms with E-state index in [1.807, 2.05) is 25.1 Å². The van der Waals surface area contributed by atoms with Gasteiger partial charge in [0.05, 0.1) is 5.69 Å². The first-order chi connectivity index (χ1) is 6.29. The molecule has 0 amide bonds. The maximum absolute atomic E-state index is 5.59. The van der Waals surface area contributed by atoms with E-state index in [-0.39, 0.29) is 0 Å². The molecule has 0 bridgehead atoms. The monoisotopic (exact) mass is 176 g/mol. The number of nitrogens with zero attached hydrogens (tertiary/aromatic N) is 1. The fourth-order valence-corrected chi connectivity index (χ4v) is 1.16. The van der Waals surface area contributed by atoms with Gasteiger partial charge in [0.1, 0.15) is 0 Å². The van der Waals surface area contributed by atoms with Gasteiger partial charge < -0.3 is 5.73 Å². The average Bonchev–Trinajstić information content (AvgIpc) is 2.92. The molecule has 4 heteroatoms. The summed E-state index contributed by atoms with van der Waals surface area (Å²) in [5.74, 6) is 0.812. The number of hydrogen-bond acceptors (Lipinski definition) is 2. The van der Waals surface area contributed by atoms with Gasteiger partial charge in [-0.25, -0.2) is 4.99 Å². The van der Waals surface area contributed by atoms with Crippen molar-refractivity contribution in [3.05, 3.63) is 29.3 Å². The lowest BCUT2D eigenvalue weighted by atomic mass is 10.1. The van der Waals surface area contributed by atoms with Gasteiger partial charge >= 0.3 is 0 Å². The van der Waals surface area contributed by atoms with Crippen molar-refractivity contribution in [2.45, 2.75) is 13.5 Å². The van der Waals surface area contributed by atoms with Crippen LogP contribution in [0.25, 0.3) is 0 Å². The lowest BCUT2D eigenvalue weighted by Gasteiger charge is -2.02. The second-order valence-corrected chi connectivity index (χ2v) is 3.03. The molecule has 0 atom stereocenters. The smallest absolute Gasteiger partial charge is 0.234 e. The third-order valence-electron chi connectivity index (χ3n) is 2.03. The molecule has 0 unspecified atom stereocenters. The SMILES string of the molecule is Cc1ccc(N=C2NN2)cc1CN. The van der Waals surface area contributed by atoms with Crippen molar-refractivity contribution >= 4 is 11.6 Å². The number of guanidine groups is 1. The molecule has 4 N–H and O–H groups in total. The average molecular weight is 176 g/mol. The van der Waals surface area contributed by atoms with Gasteiger partial charge in [-0.1, -0.05) is 6.07 Å². The van der Waals surface area contributed by atoms with Crippen LogP contribution in [0.5, 0.6) is 0 Å². The van der Waals surface area contributed by atoms with Crippen LogP contribution in [0.1, 0.15) is 11.1 Å². The second kappa shape index (κ2) is 3.06. The largest absolute Gasteiger partial charge is 0.326 e. The van der Waals surface area contributed by atoms with Gasteiger partial charge in [0.25, 0.3) is 0 Å². The van der Waals surface area contributed by atoms with Crippen molar-refractivity contribution < 1.29 is 0 Å². The molecule has 1 heterocycles. The van der Waals surface area contributed by atoms with Crippen LogP contribution in [0.15, 0.2) is 23.2 Å². The highest BCUT2D eigenvalue weighted by molar-refractivity contribution is 5.92. The Labute approximate surface area is 76.8 Å². The van der Waals surface area contributed by atoms with Crippen LogP contribution in [0.2, 0.25) is 0 Å². The molecule has 0 spiro atoms. The van der Waals surface area contributed by atoms with Crippen molar-refractivity contribution in [1.82, 2.24) is 10.9 Å². The van der Waals surface area contributed by atoms with Gasteiger partial charge in [-0.2, -0.15) is 0 Å². The molecular formula is C9H12N4. The van der Waals surface area contributed by atoms with Gasteiger partial charge in [0.2, 0.25) is 5.96 Å². The van der Waals surface area contributed by atoms with Gasteiger partial charge in [-0.15, -0.1) is 0 Å². The minimum absolute atomic E-state index is 0.561. The summed E-state index contributed by atoms with van der Waals surface area (Å²) in [7, 11) is 0. The first kappa shape index (κ1) is 8.07. The molecule has 4 nitrogen and oxygen atoms in total. The Morgan fingerprint density at radius 1 is 1.38 bits per heavy atom. The van der Waals surface area contributed by atoms with E-state index in [9.17, 15) is 0 Å². The van der Waals surface area contributed by atoms with Crippen LogP contribution < -0.4 is 16.6 Å². The fraction of sp³-hybridized carbons (Fsp3) is 0.222. The molecule has 1 saturated heterocycles. The molecule has 0 radical (unpaired) electrons. The summed E-state index contributed by atoms with van der Waals surface area (Å²) in [5, 5.41) is 0. The zero-order valence-corrected chi connectivity index (χ0v) is 7.46. The van der Waals surface area contributed by atoms with E-state index >= 15 is 0 Å². The zero-order valence-electron chi connectivity index (χ0n) is 7.46. The molecule has 2 rings (SSSR count). The van der Waals surface area contributed by atoms with Crippen LogP contribution in [-0.4, -0.2) is 5.96 Å². The molecule has 1 aliphatic heterocycles. The third-order valence-corrected chi connectivity index (χ3v) is 2.03. The minimum Gasteiger partial charge on any atom is -0.326 e. The predicted molar refractivity (Wildman–Crippen MR) is 52.4 cm³/mol. The molecule has 1 aliphatic rings. The number of aryl methyl sites for hydroxylation is 1. The third kappa shape index (κ3) is 1.78. The summed E-state index contributed by atoms with van der Waals surface area (Å²) in [6.07, 6.45) is 0. The quantitative estimate of drug-likeness (QED) is 0.575. The number of aliphatic imine (C=N–C) groups is 1. The standard InChI is InChI=1S/C9H12N4/c1-6-2-3-8(4-7(6)5-10)11-9-12-13-9/h2-4H,5,10H2,1H3,(H2,11,12,13).